The van der Waals surface area contributed by atoms with E-state index in [0.29, 0.717) is 5.78 Å². The predicted octanol–water partition coefficient (Wildman–Crippen LogP) is 2.09. The molecule has 24 heavy (non-hydrogen) atoms. The van der Waals surface area contributed by atoms with Gasteiger partial charge in [0.15, 0.2) is 5.13 Å². The summed E-state index contributed by atoms with van der Waals surface area (Å²) in [4.78, 5) is 19.5. The van der Waals surface area contributed by atoms with Crippen LogP contribution < -0.4 is 9.80 Å². The maximum Gasteiger partial charge on any atom is 0.254 e. The Kier molecular flexibility index (Phi) is 3.84. The van der Waals surface area contributed by atoms with Crippen molar-refractivity contribution in [2.24, 2.45) is 0 Å². The second-order valence-corrected chi connectivity index (χ2v) is 7.22. The fourth-order valence-corrected chi connectivity index (χ4v) is 3.93. The van der Waals surface area contributed by atoms with E-state index in [1.807, 2.05) is 4.52 Å². The Labute approximate surface area is 145 Å². The fourth-order valence-electron chi connectivity index (χ4n) is 2.97. The molecule has 0 aliphatic carbocycles. The summed E-state index contributed by atoms with van der Waals surface area (Å²) in [5.74, 6) is 1.76. The minimum atomic E-state index is 0.679. The first-order chi connectivity index (χ1) is 11.7. The fraction of sp³-hybridized carbons (Fsp3) is 0.500. The third-order valence-electron chi connectivity index (χ3n) is 4.54. The van der Waals surface area contributed by atoms with Crippen LogP contribution in [-0.4, -0.2) is 50.7 Å². The lowest BCUT2D eigenvalue weighted by Crippen LogP contribution is -2.47. The molecule has 0 atom stereocenters. The van der Waals surface area contributed by atoms with Gasteiger partial charge in [-0.3, -0.25) is 0 Å². The van der Waals surface area contributed by atoms with Gasteiger partial charge in [0.1, 0.15) is 12.1 Å². The first-order valence-electron chi connectivity index (χ1n) is 8.29. The number of nitrogens with zero attached hydrogens (tertiary/aromatic N) is 7. The second kappa shape index (κ2) is 6.01. The smallest absolute Gasteiger partial charge is 0.254 e. The van der Waals surface area contributed by atoms with Gasteiger partial charge in [-0.05, 0) is 20.3 Å². The summed E-state index contributed by atoms with van der Waals surface area (Å²) >= 11 is 1.79. The van der Waals surface area contributed by atoms with Gasteiger partial charge < -0.3 is 9.80 Å². The molecule has 0 aromatic carbocycles. The minimum Gasteiger partial charge on any atom is -0.353 e. The molecule has 8 heteroatoms. The summed E-state index contributed by atoms with van der Waals surface area (Å²) in [6.07, 6.45) is 2.47. The Morgan fingerprint density at radius 1 is 1.08 bits per heavy atom. The monoisotopic (exact) mass is 343 g/mol. The van der Waals surface area contributed by atoms with Gasteiger partial charge in [0.2, 0.25) is 0 Å². The SMILES string of the molecule is CCc1cc(N2CCN(c3nc(C)c(C)s3)CC2)n2ncnc2n1. The van der Waals surface area contributed by atoms with Crippen molar-refractivity contribution in [2.75, 3.05) is 36.0 Å². The number of thiazole rings is 1. The molecule has 0 bridgehead atoms. The van der Waals surface area contributed by atoms with Gasteiger partial charge >= 0.3 is 0 Å². The molecule has 4 rings (SSSR count). The normalized spacial score (nSPS) is 15.5. The Morgan fingerprint density at radius 2 is 1.83 bits per heavy atom. The van der Waals surface area contributed by atoms with Crippen molar-refractivity contribution in [3.8, 4) is 0 Å². The number of fused-ring (bicyclic) bond motifs is 1. The molecule has 0 unspecified atom stereocenters. The molecule has 0 N–H and O–H groups in total. The van der Waals surface area contributed by atoms with E-state index in [9.17, 15) is 0 Å². The Balaban J connectivity index is 1.56. The number of anilines is 2. The van der Waals surface area contributed by atoms with Crippen LogP contribution in [0.25, 0.3) is 5.78 Å². The van der Waals surface area contributed by atoms with Crippen molar-refractivity contribution < 1.29 is 0 Å². The molecule has 1 saturated heterocycles. The molecule has 1 aliphatic rings. The van der Waals surface area contributed by atoms with Gasteiger partial charge in [-0.15, -0.1) is 11.3 Å². The maximum atomic E-state index is 4.69. The highest BCUT2D eigenvalue weighted by atomic mass is 32.1. The van der Waals surface area contributed by atoms with Crippen LogP contribution in [0.5, 0.6) is 0 Å². The van der Waals surface area contributed by atoms with E-state index in [0.717, 1.165) is 54.9 Å². The molecule has 1 aliphatic heterocycles. The number of piperazine rings is 1. The van der Waals surface area contributed by atoms with Crippen molar-refractivity contribution in [3.63, 3.8) is 0 Å². The largest absolute Gasteiger partial charge is 0.353 e. The van der Waals surface area contributed by atoms with Crippen molar-refractivity contribution in [1.29, 1.82) is 0 Å². The van der Waals surface area contributed by atoms with Crippen molar-refractivity contribution >= 4 is 28.1 Å². The molecule has 7 nitrogen and oxygen atoms in total. The highest BCUT2D eigenvalue weighted by molar-refractivity contribution is 7.15. The number of rotatable bonds is 3. The topological polar surface area (TPSA) is 62.5 Å². The zero-order chi connectivity index (χ0) is 16.7. The summed E-state index contributed by atoms with van der Waals surface area (Å²) in [6, 6.07) is 2.13. The summed E-state index contributed by atoms with van der Waals surface area (Å²) in [5, 5.41) is 5.48. The van der Waals surface area contributed by atoms with E-state index in [4.69, 9.17) is 0 Å². The third kappa shape index (κ3) is 2.60. The van der Waals surface area contributed by atoms with Gasteiger partial charge in [0.25, 0.3) is 5.78 Å². The van der Waals surface area contributed by atoms with E-state index >= 15 is 0 Å². The van der Waals surface area contributed by atoms with Gasteiger partial charge in [0, 0.05) is 42.8 Å². The summed E-state index contributed by atoms with van der Waals surface area (Å²) in [6.45, 7) is 10.1. The van der Waals surface area contributed by atoms with Crippen LogP contribution in [-0.2, 0) is 6.42 Å². The predicted molar refractivity (Wildman–Crippen MR) is 96.2 cm³/mol. The van der Waals surface area contributed by atoms with Crippen LogP contribution in [0, 0.1) is 13.8 Å². The molecule has 3 aromatic rings. The van der Waals surface area contributed by atoms with Crippen molar-refractivity contribution in [1.82, 2.24) is 24.6 Å². The van der Waals surface area contributed by atoms with Gasteiger partial charge in [-0.1, -0.05) is 6.92 Å². The van der Waals surface area contributed by atoms with E-state index in [1.165, 1.54) is 4.88 Å². The van der Waals surface area contributed by atoms with E-state index < -0.39 is 0 Å². The van der Waals surface area contributed by atoms with E-state index in [2.05, 4.69) is 56.7 Å². The first-order valence-corrected chi connectivity index (χ1v) is 9.11. The number of aryl methyl sites for hydroxylation is 3. The number of hydrogen-bond donors (Lipinski definition) is 0. The molecule has 3 aromatic heterocycles. The lowest BCUT2D eigenvalue weighted by atomic mass is 10.2. The average Bonchev–Trinajstić information content (AvgIpc) is 3.21. The van der Waals surface area contributed by atoms with Crippen molar-refractivity contribution in [3.05, 3.63) is 28.7 Å². The minimum absolute atomic E-state index is 0.679. The van der Waals surface area contributed by atoms with E-state index in [1.54, 1.807) is 17.7 Å². The lowest BCUT2D eigenvalue weighted by Gasteiger charge is -2.35. The number of aromatic nitrogens is 5. The third-order valence-corrected chi connectivity index (χ3v) is 5.67. The van der Waals surface area contributed by atoms with Crippen LogP contribution in [0.2, 0.25) is 0 Å². The molecule has 4 heterocycles. The van der Waals surface area contributed by atoms with Crippen LogP contribution >= 0.6 is 11.3 Å². The summed E-state index contributed by atoms with van der Waals surface area (Å²) in [5.41, 5.74) is 2.20. The van der Waals surface area contributed by atoms with Crippen LogP contribution in [0.1, 0.15) is 23.2 Å². The zero-order valence-electron chi connectivity index (χ0n) is 14.2. The van der Waals surface area contributed by atoms with Crippen molar-refractivity contribution in [2.45, 2.75) is 27.2 Å². The number of hydrogen-bond acceptors (Lipinski definition) is 7. The Hall–Kier alpha value is -2.22. The van der Waals surface area contributed by atoms with Gasteiger partial charge in [0.05, 0.1) is 5.69 Å². The second-order valence-electron chi connectivity index (χ2n) is 6.04. The quantitative estimate of drug-likeness (QED) is 0.726. The summed E-state index contributed by atoms with van der Waals surface area (Å²) < 4.78 is 1.84. The summed E-state index contributed by atoms with van der Waals surface area (Å²) in [7, 11) is 0. The Bertz CT molecular complexity index is 841. The average molecular weight is 343 g/mol. The molecule has 126 valence electrons. The molecule has 0 spiro atoms. The maximum absolute atomic E-state index is 4.69. The zero-order valence-corrected chi connectivity index (χ0v) is 15.0. The standard InChI is InChI=1S/C16H21N7S/c1-4-13-9-14(23-15(20-13)17-10-18-23)21-5-7-22(8-6-21)16-19-11(2)12(3)24-16/h9-10H,4-8H2,1-3H3. The molecule has 0 amide bonds. The molecular weight excluding hydrogens is 322 g/mol. The highest BCUT2D eigenvalue weighted by Crippen LogP contribution is 2.27. The highest BCUT2D eigenvalue weighted by Gasteiger charge is 2.22. The van der Waals surface area contributed by atoms with Gasteiger partial charge in [-0.25, -0.2) is 9.97 Å². The Morgan fingerprint density at radius 3 is 2.50 bits per heavy atom. The molecule has 0 saturated carbocycles. The lowest BCUT2D eigenvalue weighted by molar-refractivity contribution is 0.636. The molecule has 1 fully saturated rings. The first kappa shape index (κ1) is 15.3. The van der Waals surface area contributed by atoms with Crippen LogP contribution in [0.4, 0.5) is 10.9 Å². The molecular formula is C16H21N7S. The van der Waals surface area contributed by atoms with E-state index in [-0.39, 0.29) is 0 Å². The van der Waals surface area contributed by atoms with Gasteiger partial charge in [-0.2, -0.15) is 14.6 Å². The molecule has 0 radical (unpaired) electrons. The van der Waals surface area contributed by atoms with Crippen LogP contribution in [0.3, 0.4) is 0 Å². The van der Waals surface area contributed by atoms with Crippen LogP contribution in [0.15, 0.2) is 12.4 Å².